The molecule has 7 heteroatoms. The number of nitriles is 1. The Balaban J connectivity index is 1.66. The van der Waals surface area contributed by atoms with E-state index in [0.717, 1.165) is 44.1 Å². The third-order valence-electron chi connectivity index (χ3n) is 7.95. The van der Waals surface area contributed by atoms with Gasteiger partial charge in [0.1, 0.15) is 5.82 Å². The van der Waals surface area contributed by atoms with Crippen molar-refractivity contribution in [2.24, 2.45) is 11.1 Å². The predicted molar refractivity (Wildman–Crippen MR) is 170 cm³/mol. The van der Waals surface area contributed by atoms with Crippen LogP contribution in [0, 0.1) is 37.5 Å². The quantitative estimate of drug-likeness (QED) is 0.295. The number of Topliss-reactive ketones (excluding diaryl/α,β-unsaturated/α-hetero) is 1. The second-order valence-electron chi connectivity index (χ2n) is 11.8. The maximum atomic E-state index is 14.0. The van der Waals surface area contributed by atoms with Crippen molar-refractivity contribution in [3.05, 3.63) is 115 Å². The number of aryl methyl sites for hydroxylation is 3. The first-order valence-electron chi connectivity index (χ1n) is 13.6. The molecule has 3 aromatic carbocycles. The number of benzene rings is 3. The van der Waals surface area contributed by atoms with E-state index in [1.165, 1.54) is 0 Å². The Morgan fingerprint density at radius 2 is 1.80 bits per heavy atom. The first-order chi connectivity index (χ1) is 19.4. The van der Waals surface area contributed by atoms with Gasteiger partial charge in [-0.1, -0.05) is 61.3 Å². The summed E-state index contributed by atoms with van der Waals surface area (Å²) >= 11 is 14.3. The third kappa shape index (κ3) is 5.66. The normalized spacial score (nSPS) is 18.4. The van der Waals surface area contributed by atoms with Gasteiger partial charge in [0.25, 0.3) is 0 Å². The fraction of sp³-hybridized carbons (Fsp3) is 0.294. The van der Waals surface area contributed by atoms with E-state index in [1.54, 1.807) is 23.9 Å². The second-order valence-corrected chi connectivity index (χ2v) is 13.7. The highest BCUT2D eigenvalue weighted by Crippen LogP contribution is 2.51. The number of hydrogen-bond acceptors (Lipinski definition) is 5. The zero-order valence-electron chi connectivity index (χ0n) is 23.9. The predicted octanol–water partition coefficient (Wildman–Crippen LogP) is 9.15. The summed E-state index contributed by atoms with van der Waals surface area (Å²) < 4.78 is 0. The highest BCUT2D eigenvalue weighted by Gasteiger charge is 2.45. The van der Waals surface area contributed by atoms with Crippen LogP contribution in [-0.2, 0) is 10.5 Å². The van der Waals surface area contributed by atoms with Gasteiger partial charge >= 0.3 is 0 Å². The van der Waals surface area contributed by atoms with Crippen molar-refractivity contribution in [2.45, 2.75) is 64.0 Å². The van der Waals surface area contributed by atoms with E-state index in [-0.39, 0.29) is 11.2 Å². The molecule has 0 radical (unpaired) electrons. The van der Waals surface area contributed by atoms with Crippen molar-refractivity contribution >= 4 is 46.4 Å². The Kier molecular flexibility index (Phi) is 8.05. The van der Waals surface area contributed by atoms with Crippen molar-refractivity contribution in [1.29, 1.82) is 5.26 Å². The average Bonchev–Trinajstić information content (AvgIpc) is 2.89. The zero-order chi connectivity index (χ0) is 29.6. The second kappa shape index (κ2) is 11.2. The van der Waals surface area contributed by atoms with Gasteiger partial charge in [0.15, 0.2) is 5.78 Å². The largest absolute Gasteiger partial charge is 0.384 e. The summed E-state index contributed by atoms with van der Waals surface area (Å²) in [5, 5.41) is 11.8. The Morgan fingerprint density at radius 3 is 2.51 bits per heavy atom. The lowest BCUT2D eigenvalue weighted by atomic mass is 9.68. The highest BCUT2D eigenvalue weighted by molar-refractivity contribution is 7.98. The highest BCUT2D eigenvalue weighted by atomic mass is 35.5. The van der Waals surface area contributed by atoms with Gasteiger partial charge in [-0.25, -0.2) is 0 Å². The molecule has 2 N–H and O–H groups in total. The van der Waals surface area contributed by atoms with E-state index >= 15 is 0 Å². The summed E-state index contributed by atoms with van der Waals surface area (Å²) in [4.78, 5) is 16.8. The molecule has 0 spiro atoms. The zero-order valence-corrected chi connectivity index (χ0v) is 26.3. The van der Waals surface area contributed by atoms with E-state index in [9.17, 15) is 10.1 Å². The fourth-order valence-corrected chi connectivity index (χ4v) is 7.56. The summed E-state index contributed by atoms with van der Waals surface area (Å²) in [5.74, 6) is 0.587. The van der Waals surface area contributed by atoms with Gasteiger partial charge in [-0.3, -0.25) is 9.69 Å². The molecule has 1 aliphatic heterocycles. The monoisotopic (exact) mass is 601 g/mol. The van der Waals surface area contributed by atoms with Crippen LogP contribution in [0.1, 0.15) is 60.4 Å². The van der Waals surface area contributed by atoms with Crippen LogP contribution in [0.15, 0.2) is 82.2 Å². The molecule has 41 heavy (non-hydrogen) atoms. The minimum atomic E-state index is -0.529. The molecule has 4 nitrogen and oxygen atoms in total. The summed E-state index contributed by atoms with van der Waals surface area (Å²) in [6.45, 7) is 10.4. The minimum Gasteiger partial charge on any atom is -0.384 e. The molecule has 1 aliphatic carbocycles. The average molecular weight is 603 g/mol. The Labute approximate surface area is 256 Å². The molecular weight excluding hydrogens is 569 g/mol. The molecular formula is C34H33Cl2N3OS. The Hall–Kier alpha value is -3.17. The summed E-state index contributed by atoms with van der Waals surface area (Å²) in [6, 6.07) is 20.2. The molecule has 1 heterocycles. The maximum Gasteiger partial charge on any atom is 0.162 e. The number of halogens is 2. The fourth-order valence-electron chi connectivity index (χ4n) is 6.01. The number of hydrogen-bond donors (Lipinski definition) is 1. The van der Waals surface area contributed by atoms with E-state index in [2.05, 4.69) is 39.0 Å². The Bertz CT molecular complexity index is 1680. The minimum absolute atomic E-state index is 0.0702. The molecule has 0 saturated carbocycles. The number of carbonyl (C=O) groups excluding carboxylic acids is 1. The van der Waals surface area contributed by atoms with E-state index in [1.807, 2.05) is 49.1 Å². The van der Waals surface area contributed by atoms with Crippen molar-refractivity contribution in [3.63, 3.8) is 0 Å². The van der Waals surface area contributed by atoms with Gasteiger partial charge in [-0.05, 0) is 90.8 Å². The number of nitrogens with zero attached hydrogens (tertiary/aromatic N) is 2. The molecule has 0 fully saturated rings. The molecule has 5 rings (SSSR count). The van der Waals surface area contributed by atoms with Crippen LogP contribution in [0.2, 0.25) is 10.0 Å². The summed E-state index contributed by atoms with van der Waals surface area (Å²) in [5.41, 5.74) is 14.8. The van der Waals surface area contributed by atoms with Crippen molar-refractivity contribution in [1.82, 2.24) is 0 Å². The first-order valence-corrected chi connectivity index (χ1v) is 15.3. The van der Waals surface area contributed by atoms with Gasteiger partial charge in [-0.2, -0.15) is 5.26 Å². The van der Waals surface area contributed by atoms with E-state index < -0.39 is 5.92 Å². The molecule has 0 saturated heterocycles. The van der Waals surface area contributed by atoms with E-state index in [4.69, 9.17) is 28.9 Å². The molecule has 0 bridgehead atoms. The topological polar surface area (TPSA) is 70.1 Å². The van der Waals surface area contributed by atoms with Crippen LogP contribution in [-0.4, -0.2) is 5.78 Å². The molecule has 2 aliphatic rings. The lowest BCUT2D eigenvalue weighted by Gasteiger charge is -2.44. The third-order valence-corrected chi connectivity index (χ3v) is 9.73. The van der Waals surface area contributed by atoms with Crippen molar-refractivity contribution in [2.75, 3.05) is 4.90 Å². The molecule has 1 unspecified atom stereocenters. The van der Waals surface area contributed by atoms with E-state index in [0.29, 0.717) is 45.6 Å². The first kappa shape index (κ1) is 29.3. The van der Waals surface area contributed by atoms with Crippen molar-refractivity contribution < 1.29 is 4.79 Å². The smallest absolute Gasteiger partial charge is 0.162 e. The lowest BCUT2D eigenvalue weighted by molar-refractivity contribution is -0.118. The van der Waals surface area contributed by atoms with Gasteiger partial charge in [0.05, 0.1) is 22.6 Å². The standard InChI is InChI=1S/C34H33Cl2N3OS/c1-19-7-6-8-24(11-19)39-28-15-34(4,5)16-29(40)32(28)31(26(17-37)33(39)38)25-13-22(20(2)12-21(25)3)18-41-30-14-23(35)9-10-27(30)36/h6-14,31H,15-16,18,38H2,1-5H3. The number of allylic oxidation sites excluding steroid dienone is 3. The van der Waals surface area contributed by atoms with Crippen LogP contribution in [0.4, 0.5) is 5.69 Å². The molecule has 3 aromatic rings. The van der Waals surface area contributed by atoms with Crippen LogP contribution in [0.25, 0.3) is 0 Å². The molecule has 1 atom stereocenters. The van der Waals surface area contributed by atoms with Gasteiger partial charge in [0.2, 0.25) is 0 Å². The molecule has 210 valence electrons. The summed E-state index contributed by atoms with van der Waals surface area (Å²) in [6.07, 6.45) is 1.10. The van der Waals surface area contributed by atoms with Crippen LogP contribution in [0.5, 0.6) is 0 Å². The SMILES string of the molecule is Cc1cccc(N2C(N)=C(C#N)C(c3cc(CSc4cc(Cl)ccc4Cl)c(C)cc3C)C3=C2CC(C)(C)CC3=O)c1. The van der Waals surface area contributed by atoms with Gasteiger partial charge in [0, 0.05) is 39.0 Å². The number of thioether (sulfide) groups is 1. The van der Waals surface area contributed by atoms with Crippen LogP contribution >= 0.6 is 35.0 Å². The number of ketones is 1. The van der Waals surface area contributed by atoms with Gasteiger partial charge in [-0.15, -0.1) is 11.8 Å². The molecule has 0 aromatic heterocycles. The number of carbonyl (C=O) groups is 1. The van der Waals surface area contributed by atoms with Crippen LogP contribution < -0.4 is 10.6 Å². The summed E-state index contributed by atoms with van der Waals surface area (Å²) in [7, 11) is 0. The number of rotatable bonds is 5. The Morgan fingerprint density at radius 1 is 1.05 bits per heavy atom. The number of nitrogens with two attached hydrogens (primary N) is 1. The number of anilines is 1. The molecule has 0 amide bonds. The van der Waals surface area contributed by atoms with Gasteiger partial charge < -0.3 is 5.73 Å². The van der Waals surface area contributed by atoms with Crippen molar-refractivity contribution in [3.8, 4) is 6.07 Å². The maximum absolute atomic E-state index is 14.0. The lowest BCUT2D eigenvalue weighted by Crippen LogP contribution is -2.42. The van der Waals surface area contributed by atoms with Crippen LogP contribution in [0.3, 0.4) is 0 Å².